The van der Waals surface area contributed by atoms with Crippen LogP contribution in [0.15, 0.2) is 66.7 Å². The fraction of sp³-hybridized carbons (Fsp3) is 0.250. The number of nitrogens with one attached hydrogen (secondary N) is 2. The summed E-state index contributed by atoms with van der Waals surface area (Å²) >= 11 is 0. The van der Waals surface area contributed by atoms with Gasteiger partial charge in [0.1, 0.15) is 6.04 Å². The number of anilines is 1. The van der Waals surface area contributed by atoms with E-state index < -0.39 is 35.6 Å². The van der Waals surface area contributed by atoms with Crippen LogP contribution in [0.3, 0.4) is 0 Å². The van der Waals surface area contributed by atoms with Crippen LogP contribution in [0.2, 0.25) is 0 Å². The highest BCUT2D eigenvalue weighted by Gasteiger charge is 2.36. The van der Waals surface area contributed by atoms with E-state index in [1.54, 1.807) is 0 Å². The maximum absolute atomic E-state index is 13.5. The molecule has 3 aromatic rings. The molecule has 40 heavy (non-hydrogen) atoms. The lowest BCUT2D eigenvalue weighted by molar-refractivity contribution is -0.385. The molecular formula is C28H29N5O7. The van der Waals surface area contributed by atoms with Crippen LogP contribution < -0.4 is 16.4 Å². The summed E-state index contributed by atoms with van der Waals surface area (Å²) in [5, 5.41) is 36.1. The first-order chi connectivity index (χ1) is 19.2. The largest absolute Gasteiger partial charge is 0.465 e. The second kappa shape index (κ2) is 12.3. The standard InChI is InChI=1S/C28H29N5O7/c29-27(36)30-13-5-10-24(26(35)31-18-12-11-17(16-34)25(14-18)33(39)40)32(28(37)38)15-23-21-8-3-1-6-19(21)20-7-2-4-9-22(20)23/h1-4,6-9,11-12,14,23-24,34H,5,10,13,15-16H2,(H,31,35)(H,37,38)(H3,29,30,36). The Morgan fingerprint density at radius 2 is 1.65 bits per heavy atom. The molecule has 0 spiro atoms. The molecule has 0 aliphatic heterocycles. The van der Waals surface area contributed by atoms with Gasteiger partial charge < -0.3 is 26.6 Å². The van der Waals surface area contributed by atoms with Crippen molar-refractivity contribution < 1.29 is 29.5 Å². The summed E-state index contributed by atoms with van der Waals surface area (Å²) in [6, 6.07) is 17.3. The van der Waals surface area contributed by atoms with E-state index in [1.807, 2.05) is 48.5 Å². The second-order valence-corrected chi connectivity index (χ2v) is 9.36. The third-order valence-corrected chi connectivity index (χ3v) is 6.94. The number of hydrogen-bond acceptors (Lipinski definition) is 6. The fourth-order valence-electron chi connectivity index (χ4n) is 5.10. The van der Waals surface area contributed by atoms with Crippen LogP contribution in [-0.2, 0) is 11.4 Å². The molecular weight excluding hydrogens is 518 g/mol. The Morgan fingerprint density at radius 3 is 2.20 bits per heavy atom. The zero-order chi connectivity index (χ0) is 28.8. The highest BCUT2D eigenvalue weighted by molar-refractivity contribution is 5.97. The summed E-state index contributed by atoms with van der Waals surface area (Å²) in [5.41, 5.74) is 8.79. The molecule has 6 N–H and O–H groups in total. The van der Waals surface area contributed by atoms with Crippen molar-refractivity contribution >= 4 is 29.4 Å². The summed E-state index contributed by atoms with van der Waals surface area (Å²) in [7, 11) is 0. The number of urea groups is 1. The van der Waals surface area contributed by atoms with Crippen molar-refractivity contribution in [3.05, 3.63) is 93.5 Å². The van der Waals surface area contributed by atoms with Gasteiger partial charge in [0.25, 0.3) is 5.69 Å². The second-order valence-electron chi connectivity index (χ2n) is 9.36. The van der Waals surface area contributed by atoms with E-state index in [0.29, 0.717) is 0 Å². The van der Waals surface area contributed by atoms with Crippen LogP contribution in [0.25, 0.3) is 11.1 Å². The van der Waals surface area contributed by atoms with E-state index >= 15 is 0 Å². The number of benzene rings is 3. The van der Waals surface area contributed by atoms with E-state index in [2.05, 4.69) is 10.6 Å². The van der Waals surface area contributed by atoms with Gasteiger partial charge in [0.15, 0.2) is 0 Å². The predicted molar refractivity (Wildman–Crippen MR) is 147 cm³/mol. The third kappa shape index (κ3) is 6.02. The highest BCUT2D eigenvalue weighted by Crippen LogP contribution is 2.45. The van der Waals surface area contributed by atoms with E-state index in [-0.39, 0.29) is 48.8 Å². The van der Waals surface area contributed by atoms with Gasteiger partial charge in [-0.15, -0.1) is 0 Å². The number of carbonyl (C=O) groups excluding carboxylic acids is 2. The van der Waals surface area contributed by atoms with Gasteiger partial charge in [-0.2, -0.15) is 0 Å². The molecule has 3 aromatic carbocycles. The molecule has 4 rings (SSSR count). The minimum atomic E-state index is -1.31. The number of nitrogens with two attached hydrogens (primary N) is 1. The van der Waals surface area contributed by atoms with Crippen molar-refractivity contribution in [2.45, 2.75) is 31.4 Å². The van der Waals surface area contributed by atoms with Crippen molar-refractivity contribution in [3.8, 4) is 11.1 Å². The number of carboxylic acid groups (broad SMARTS) is 1. The maximum atomic E-state index is 13.5. The van der Waals surface area contributed by atoms with E-state index in [1.165, 1.54) is 12.1 Å². The number of nitro groups is 1. The molecule has 0 aromatic heterocycles. The summed E-state index contributed by atoms with van der Waals surface area (Å²) in [4.78, 5) is 49.1. The van der Waals surface area contributed by atoms with Crippen molar-refractivity contribution in [2.75, 3.05) is 18.4 Å². The lowest BCUT2D eigenvalue weighted by Crippen LogP contribution is -2.48. The number of nitrogens with zero attached hydrogens (tertiary/aromatic N) is 2. The number of aliphatic hydroxyl groups excluding tert-OH is 1. The van der Waals surface area contributed by atoms with Crippen molar-refractivity contribution in [3.63, 3.8) is 0 Å². The Kier molecular flexibility index (Phi) is 8.60. The quantitative estimate of drug-likeness (QED) is 0.138. The van der Waals surface area contributed by atoms with Gasteiger partial charge >= 0.3 is 12.1 Å². The lowest BCUT2D eigenvalue weighted by Gasteiger charge is -2.31. The van der Waals surface area contributed by atoms with E-state index in [9.17, 15) is 34.7 Å². The minimum absolute atomic E-state index is 0.0196. The molecule has 1 atom stereocenters. The molecule has 0 saturated carbocycles. The Hall–Kier alpha value is -4.97. The summed E-state index contributed by atoms with van der Waals surface area (Å²) in [6.07, 6.45) is -1.02. The molecule has 1 aliphatic carbocycles. The molecule has 12 nitrogen and oxygen atoms in total. The molecule has 208 valence electrons. The van der Waals surface area contributed by atoms with Crippen LogP contribution in [0, 0.1) is 10.1 Å². The minimum Gasteiger partial charge on any atom is -0.465 e. The monoisotopic (exact) mass is 547 g/mol. The van der Waals surface area contributed by atoms with Gasteiger partial charge in [-0.1, -0.05) is 48.5 Å². The van der Waals surface area contributed by atoms with Gasteiger partial charge in [-0.25, -0.2) is 9.59 Å². The van der Waals surface area contributed by atoms with Gasteiger partial charge in [0.05, 0.1) is 17.1 Å². The fourth-order valence-corrected chi connectivity index (χ4v) is 5.10. The number of amides is 4. The molecule has 1 unspecified atom stereocenters. The average Bonchev–Trinajstić information content (AvgIpc) is 3.25. The Bertz CT molecular complexity index is 1400. The Morgan fingerprint density at radius 1 is 1.02 bits per heavy atom. The number of primary amides is 1. The third-order valence-electron chi connectivity index (χ3n) is 6.94. The normalized spacial score (nSPS) is 12.6. The van der Waals surface area contributed by atoms with Gasteiger partial charge in [0, 0.05) is 30.8 Å². The van der Waals surface area contributed by atoms with Crippen molar-refractivity contribution in [2.24, 2.45) is 5.73 Å². The number of aliphatic hydroxyl groups is 1. The topological polar surface area (TPSA) is 188 Å². The smallest absolute Gasteiger partial charge is 0.408 e. The van der Waals surface area contributed by atoms with Crippen LogP contribution >= 0.6 is 0 Å². The first-order valence-corrected chi connectivity index (χ1v) is 12.6. The van der Waals surface area contributed by atoms with Crippen LogP contribution in [0.5, 0.6) is 0 Å². The molecule has 0 radical (unpaired) electrons. The first kappa shape index (κ1) is 28.0. The molecule has 12 heteroatoms. The summed E-state index contributed by atoms with van der Waals surface area (Å²) in [5.74, 6) is -1.01. The zero-order valence-electron chi connectivity index (χ0n) is 21.4. The predicted octanol–water partition coefficient (Wildman–Crippen LogP) is 3.64. The number of nitro benzene ring substituents is 1. The summed E-state index contributed by atoms with van der Waals surface area (Å²) < 4.78 is 0. The van der Waals surface area contributed by atoms with Crippen LogP contribution in [0.4, 0.5) is 21.0 Å². The zero-order valence-corrected chi connectivity index (χ0v) is 21.4. The molecule has 4 amide bonds. The molecule has 0 heterocycles. The lowest BCUT2D eigenvalue weighted by atomic mass is 9.95. The van der Waals surface area contributed by atoms with Crippen LogP contribution in [-0.4, -0.2) is 57.2 Å². The van der Waals surface area contributed by atoms with E-state index in [0.717, 1.165) is 33.2 Å². The molecule has 1 aliphatic rings. The van der Waals surface area contributed by atoms with Gasteiger partial charge in [-0.05, 0) is 47.2 Å². The van der Waals surface area contributed by atoms with E-state index in [4.69, 9.17) is 5.73 Å². The number of carbonyl (C=O) groups is 3. The SMILES string of the molecule is NC(=O)NCCCC(C(=O)Nc1ccc(CO)c([N+](=O)[O-])c1)N(CC1c2ccccc2-c2ccccc21)C(=O)O. The molecule has 0 fully saturated rings. The number of fused-ring (bicyclic) bond motifs is 3. The molecule has 0 bridgehead atoms. The average molecular weight is 548 g/mol. The van der Waals surface area contributed by atoms with Crippen molar-refractivity contribution in [1.29, 1.82) is 0 Å². The highest BCUT2D eigenvalue weighted by atomic mass is 16.6. The van der Waals surface area contributed by atoms with Crippen LogP contribution in [0.1, 0.15) is 35.4 Å². The summed E-state index contributed by atoms with van der Waals surface area (Å²) in [6.45, 7) is -0.455. The first-order valence-electron chi connectivity index (χ1n) is 12.6. The van der Waals surface area contributed by atoms with Gasteiger partial charge in [0.2, 0.25) is 5.91 Å². The molecule has 0 saturated heterocycles. The Balaban J connectivity index is 1.65. The van der Waals surface area contributed by atoms with Crippen molar-refractivity contribution in [1.82, 2.24) is 10.2 Å². The number of rotatable bonds is 11. The Labute approximate surface area is 229 Å². The van der Waals surface area contributed by atoms with Gasteiger partial charge in [-0.3, -0.25) is 19.8 Å². The maximum Gasteiger partial charge on any atom is 0.408 e. The number of hydrogen-bond donors (Lipinski definition) is 5.